The molecule has 1 N–H and O–H groups in total. The van der Waals surface area contributed by atoms with Crippen molar-refractivity contribution < 1.29 is 9.47 Å². The third-order valence-electron chi connectivity index (χ3n) is 4.85. The van der Waals surface area contributed by atoms with E-state index in [9.17, 15) is 0 Å². The standard InChI is InChI=1S/C15H27NO2S/c1-12-10-13(2-6-17-12)16-14-3-7-18-15(11-14)4-8-19-9-5-15/h12-14,16H,2-11H2,1H3. The molecule has 0 aromatic rings. The highest BCUT2D eigenvalue weighted by Gasteiger charge is 2.39. The minimum absolute atomic E-state index is 0.206. The molecule has 0 saturated carbocycles. The maximum absolute atomic E-state index is 6.17. The second kappa shape index (κ2) is 6.33. The molecule has 0 aliphatic carbocycles. The van der Waals surface area contributed by atoms with Crippen molar-refractivity contribution in [2.75, 3.05) is 24.7 Å². The minimum Gasteiger partial charge on any atom is -0.378 e. The van der Waals surface area contributed by atoms with Crippen LogP contribution in [-0.4, -0.2) is 48.5 Å². The van der Waals surface area contributed by atoms with Crippen LogP contribution in [0.1, 0.15) is 45.4 Å². The molecule has 0 aromatic heterocycles. The van der Waals surface area contributed by atoms with E-state index in [1.165, 1.54) is 50.0 Å². The van der Waals surface area contributed by atoms with E-state index < -0.39 is 0 Å². The van der Waals surface area contributed by atoms with E-state index in [2.05, 4.69) is 24.0 Å². The Balaban J connectivity index is 1.53. The number of ether oxygens (including phenoxy) is 2. The van der Waals surface area contributed by atoms with E-state index in [-0.39, 0.29) is 5.60 Å². The number of hydrogen-bond acceptors (Lipinski definition) is 4. The summed E-state index contributed by atoms with van der Waals surface area (Å²) in [6.07, 6.45) is 7.66. The van der Waals surface area contributed by atoms with Crippen LogP contribution in [0, 0.1) is 0 Å². The van der Waals surface area contributed by atoms with E-state index in [1.807, 2.05) is 0 Å². The lowest BCUT2D eigenvalue weighted by Gasteiger charge is -2.44. The van der Waals surface area contributed by atoms with Crippen molar-refractivity contribution in [1.29, 1.82) is 0 Å². The highest BCUT2D eigenvalue weighted by atomic mass is 32.2. The summed E-state index contributed by atoms with van der Waals surface area (Å²) < 4.78 is 11.8. The van der Waals surface area contributed by atoms with Gasteiger partial charge < -0.3 is 14.8 Å². The molecule has 3 unspecified atom stereocenters. The van der Waals surface area contributed by atoms with E-state index in [1.54, 1.807) is 0 Å². The summed E-state index contributed by atoms with van der Waals surface area (Å²) >= 11 is 2.08. The lowest BCUT2D eigenvalue weighted by molar-refractivity contribution is -0.0961. The first kappa shape index (κ1) is 14.2. The molecule has 1 spiro atoms. The van der Waals surface area contributed by atoms with Gasteiger partial charge in [0, 0.05) is 25.3 Å². The average Bonchev–Trinajstić information content (AvgIpc) is 2.40. The third kappa shape index (κ3) is 3.66. The molecule has 3 rings (SSSR count). The van der Waals surface area contributed by atoms with Crippen molar-refractivity contribution in [3.05, 3.63) is 0 Å². The molecule has 4 heteroatoms. The summed E-state index contributed by atoms with van der Waals surface area (Å²) in [6.45, 7) is 4.06. The van der Waals surface area contributed by atoms with Gasteiger partial charge in [-0.25, -0.2) is 0 Å². The number of rotatable bonds is 2. The second-order valence-electron chi connectivity index (χ2n) is 6.40. The van der Waals surface area contributed by atoms with Crippen LogP contribution in [0.4, 0.5) is 0 Å². The van der Waals surface area contributed by atoms with Crippen LogP contribution >= 0.6 is 11.8 Å². The molecule has 3 fully saturated rings. The lowest BCUT2D eigenvalue weighted by Crippen LogP contribution is -2.52. The number of hydrogen-bond donors (Lipinski definition) is 1. The normalized spacial score (nSPS) is 39.3. The van der Waals surface area contributed by atoms with Gasteiger partial charge in [0.15, 0.2) is 0 Å². The molecule has 3 saturated heterocycles. The summed E-state index contributed by atoms with van der Waals surface area (Å²) in [5, 5.41) is 3.89. The Kier molecular flexibility index (Phi) is 4.73. The van der Waals surface area contributed by atoms with Crippen LogP contribution in [0.5, 0.6) is 0 Å². The first-order chi connectivity index (χ1) is 9.26. The summed E-state index contributed by atoms with van der Waals surface area (Å²) in [7, 11) is 0. The van der Waals surface area contributed by atoms with Gasteiger partial charge in [0.2, 0.25) is 0 Å². The van der Waals surface area contributed by atoms with Gasteiger partial charge in [0.1, 0.15) is 0 Å². The minimum atomic E-state index is 0.206. The fourth-order valence-electron chi connectivity index (χ4n) is 3.74. The van der Waals surface area contributed by atoms with Crippen LogP contribution in [0.15, 0.2) is 0 Å². The molecule has 0 bridgehead atoms. The first-order valence-corrected chi connectivity index (χ1v) is 9.01. The predicted molar refractivity (Wildman–Crippen MR) is 79.8 cm³/mol. The topological polar surface area (TPSA) is 30.5 Å². The van der Waals surface area contributed by atoms with Crippen molar-refractivity contribution in [3.8, 4) is 0 Å². The SMILES string of the molecule is CC1CC(NC2CCOC3(CCSCC3)C2)CCO1. The van der Waals surface area contributed by atoms with Crippen LogP contribution in [-0.2, 0) is 9.47 Å². The quantitative estimate of drug-likeness (QED) is 0.845. The van der Waals surface area contributed by atoms with Gasteiger partial charge in [0.25, 0.3) is 0 Å². The fourth-order valence-corrected chi connectivity index (χ4v) is 4.98. The van der Waals surface area contributed by atoms with Gasteiger partial charge in [-0.2, -0.15) is 11.8 Å². The van der Waals surface area contributed by atoms with Crippen molar-refractivity contribution in [1.82, 2.24) is 5.32 Å². The zero-order valence-corrected chi connectivity index (χ0v) is 12.8. The molecule has 19 heavy (non-hydrogen) atoms. The summed E-state index contributed by atoms with van der Waals surface area (Å²) in [5.41, 5.74) is 0.206. The van der Waals surface area contributed by atoms with E-state index in [0.29, 0.717) is 18.2 Å². The lowest BCUT2D eigenvalue weighted by atomic mass is 9.85. The zero-order valence-electron chi connectivity index (χ0n) is 12.0. The maximum atomic E-state index is 6.17. The number of nitrogens with one attached hydrogen (secondary N) is 1. The molecular formula is C15H27NO2S. The largest absolute Gasteiger partial charge is 0.378 e. The van der Waals surface area contributed by atoms with Gasteiger partial charge in [0.05, 0.1) is 11.7 Å². The Labute approximate surface area is 121 Å². The van der Waals surface area contributed by atoms with Crippen molar-refractivity contribution in [3.63, 3.8) is 0 Å². The van der Waals surface area contributed by atoms with Crippen LogP contribution < -0.4 is 5.32 Å². The zero-order chi connectivity index (χ0) is 13.1. The van der Waals surface area contributed by atoms with Gasteiger partial charge in [-0.15, -0.1) is 0 Å². The van der Waals surface area contributed by atoms with Crippen LogP contribution in [0.3, 0.4) is 0 Å². The van der Waals surface area contributed by atoms with Gasteiger partial charge in [-0.05, 0) is 57.0 Å². The molecule has 0 amide bonds. The highest BCUT2D eigenvalue weighted by molar-refractivity contribution is 7.99. The Hall–Kier alpha value is 0.230. The summed E-state index contributed by atoms with van der Waals surface area (Å²) in [5.74, 6) is 2.56. The molecule has 3 nitrogen and oxygen atoms in total. The molecule has 110 valence electrons. The summed E-state index contributed by atoms with van der Waals surface area (Å²) in [6, 6.07) is 1.31. The van der Waals surface area contributed by atoms with E-state index in [0.717, 1.165) is 13.2 Å². The molecule has 0 radical (unpaired) electrons. The molecule has 3 aliphatic rings. The van der Waals surface area contributed by atoms with Gasteiger partial charge in [-0.1, -0.05) is 0 Å². The number of thioether (sulfide) groups is 1. The van der Waals surface area contributed by atoms with Crippen LogP contribution in [0.25, 0.3) is 0 Å². The van der Waals surface area contributed by atoms with E-state index >= 15 is 0 Å². The monoisotopic (exact) mass is 285 g/mol. The van der Waals surface area contributed by atoms with Crippen molar-refractivity contribution in [2.24, 2.45) is 0 Å². The summed E-state index contributed by atoms with van der Waals surface area (Å²) in [4.78, 5) is 0. The highest BCUT2D eigenvalue weighted by Crippen LogP contribution is 2.37. The molecule has 3 aliphatic heterocycles. The fraction of sp³-hybridized carbons (Fsp3) is 1.00. The van der Waals surface area contributed by atoms with E-state index in [4.69, 9.17) is 9.47 Å². The maximum Gasteiger partial charge on any atom is 0.0713 e. The third-order valence-corrected chi connectivity index (χ3v) is 5.84. The molecule has 0 aromatic carbocycles. The second-order valence-corrected chi connectivity index (χ2v) is 7.63. The van der Waals surface area contributed by atoms with Gasteiger partial charge in [-0.3, -0.25) is 0 Å². The Morgan fingerprint density at radius 2 is 1.89 bits per heavy atom. The molecule has 3 atom stereocenters. The van der Waals surface area contributed by atoms with Crippen molar-refractivity contribution in [2.45, 2.75) is 69.2 Å². The first-order valence-electron chi connectivity index (χ1n) is 7.85. The van der Waals surface area contributed by atoms with Gasteiger partial charge >= 0.3 is 0 Å². The Morgan fingerprint density at radius 1 is 1.11 bits per heavy atom. The molecule has 3 heterocycles. The average molecular weight is 285 g/mol. The Morgan fingerprint density at radius 3 is 2.68 bits per heavy atom. The molecular weight excluding hydrogens is 258 g/mol. The Bertz CT molecular complexity index is 288. The predicted octanol–water partition coefficient (Wildman–Crippen LogP) is 2.59. The van der Waals surface area contributed by atoms with Crippen molar-refractivity contribution >= 4 is 11.8 Å². The van der Waals surface area contributed by atoms with Crippen LogP contribution in [0.2, 0.25) is 0 Å². The smallest absolute Gasteiger partial charge is 0.0713 e.